The molecule has 2 aromatic rings. The molecule has 5 heteroatoms. The van der Waals surface area contributed by atoms with E-state index in [1.165, 1.54) is 23.4 Å². The second-order valence-corrected chi connectivity index (χ2v) is 6.24. The van der Waals surface area contributed by atoms with E-state index in [2.05, 4.69) is 28.2 Å². The fraction of sp³-hybridized carbons (Fsp3) is 0.333. The van der Waals surface area contributed by atoms with Crippen molar-refractivity contribution in [2.24, 2.45) is 5.73 Å². The van der Waals surface area contributed by atoms with Crippen LogP contribution >= 0.6 is 11.8 Å². The predicted octanol–water partition coefficient (Wildman–Crippen LogP) is 2.27. The molecule has 0 aliphatic heterocycles. The van der Waals surface area contributed by atoms with Crippen LogP contribution in [0.3, 0.4) is 0 Å². The van der Waals surface area contributed by atoms with Crippen LogP contribution in [0.15, 0.2) is 46.5 Å². The summed E-state index contributed by atoms with van der Waals surface area (Å²) in [6.07, 6.45) is 4.75. The lowest BCUT2D eigenvalue weighted by atomic mass is 10.00. The summed E-state index contributed by atoms with van der Waals surface area (Å²) in [5, 5.41) is 0.890. The summed E-state index contributed by atoms with van der Waals surface area (Å²) < 4.78 is 0. The zero-order valence-electron chi connectivity index (χ0n) is 11.1. The minimum Gasteiger partial charge on any atom is -0.323 e. The average Bonchev–Trinajstić information content (AvgIpc) is 2.60. The summed E-state index contributed by atoms with van der Waals surface area (Å²) in [6, 6.07) is 9.77. The van der Waals surface area contributed by atoms with Gasteiger partial charge in [0.2, 0.25) is 0 Å². The van der Waals surface area contributed by atoms with Crippen molar-refractivity contribution in [3.63, 3.8) is 0 Å². The Bertz CT molecular complexity index is 655. The fourth-order valence-corrected chi connectivity index (χ4v) is 3.79. The minimum atomic E-state index is -0.120. The number of nitrogens with one attached hydrogen (secondary N) is 1. The smallest absolute Gasteiger partial charge is 0.251 e. The highest BCUT2D eigenvalue weighted by molar-refractivity contribution is 7.99. The Balaban J connectivity index is 1.86. The molecular formula is C15H17N3OS. The molecule has 0 bridgehead atoms. The SMILES string of the molecule is NC1c2ccccc2CCCC1Sc1nccc(=O)[nH]1. The molecule has 3 N–H and O–H groups in total. The molecular weight excluding hydrogens is 270 g/mol. The third kappa shape index (κ3) is 2.78. The van der Waals surface area contributed by atoms with E-state index in [1.54, 1.807) is 11.8 Å². The van der Waals surface area contributed by atoms with E-state index in [1.807, 2.05) is 6.07 Å². The molecule has 1 aliphatic carbocycles. The van der Waals surface area contributed by atoms with Crippen LogP contribution in [0.1, 0.15) is 30.0 Å². The first-order valence-corrected chi connectivity index (χ1v) is 7.67. The van der Waals surface area contributed by atoms with Crippen molar-refractivity contribution in [3.8, 4) is 0 Å². The number of thioether (sulfide) groups is 1. The quantitative estimate of drug-likeness (QED) is 0.656. The lowest BCUT2D eigenvalue weighted by Gasteiger charge is -2.21. The standard InChI is InChI=1S/C15H17N3OS/c16-14-11-6-2-1-4-10(11)5-3-7-12(14)20-15-17-9-8-13(19)18-15/h1-2,4,6,8-9,12,14H,3,5,7,16H2,(H,17,18,19). The molecule has 0 saturated carbocycles. The molecule has 3 rings (SSSR count). The van der Waals surface area contributed by atoms with Crippen molar-refractivity contribution in [1.29, 1.82) is 0 Å². The number of fused-ring (bicyclic) bond motifs is 1. The van der Waals surface area contributed by atoms with E-state index >= 15 is 0 Å². The number of nitrogens with zero attached hydrogens (tertiary/aromatic N) is 1. The highest BCUT2D eigenvalue weighted by atomic mass is 32.2. The Morgan fingerprint density at radius 1 is 1.30 bits per heavy atom. The summed E-state index contributed by atoms with van der Waals surface area (Å²) in [7, 11) is 0. The second kappa shape index (κ2) is 5.81. The van der Waals surface area contributed by atoms with Gasteiger partial charge in [0.1, 0.15) is 0 Å². The molecule has 0 fully saturated rings. The first-order valence-electron chi connectivity index (χ1n) is 6.79. The van der Waals surface area contributed by atoms with Gasteiger partial charge in [-0.2, -0.15) is 0 Å². The van der Waals surface area contributed by atoms with Crippen molar-refractivity contribution in [3.05, 3.63) is 58.0 Å². The molecule has 1 aliphatic rings. The van der Waals surface area contributed by atoms with Crippen molar-refractivity contribution in [2.45, 2.75) is 35.7 Å². The van der Waals surface area contributed by atoms with Crippen LogP contribution < -0.4 is 11.3 Å². The predicted molar refractivity (Wildman–Crippen MR) is 80.8 cm³/mol. The Hall–Kier alpha value is -1.59. The third-order valence-corrected chi connectivity index (χ3v) is 4.92. The molecule has 0 amide bonds. The summed E-state index contributed by atoms with van der Waals surface area (Å²) in [5.41, 5.74) is 8.88. The number of aromatic amines is 1. The number of nitrogens with two attached hydrogens (primary N) is 1. The molecule has 1 aromatic carbocycles. The van der Waals surface area contributed by atoms with Gasteiger partial charge in [0.15, 0.2) is 5.16 Å². The van der Waals surface area contributed by atoms with Gasteiger partial charge in [-0.25, -0.2) is 4.98 Å². The molecule has 104 valence electrons. The van der Waals surface area contributed by atoms with Gasteiger partial charge in [-0.3, -0.25) is 4.79 Å². The fourth-order valence-electron chi connectivity index (χ4n) is 2.65. The first-order chi connectivity index (χ1) is 9.74. The molecule has 1 aromatic heterocycles. The molecule has 0 saturated heterocycles. The van der Waals surface area contributed by atoms with E-state index in [0.29, 0.717) is 5.16 Å². The van der Waals surface area contributed by atoms with Crippen LogP contribution in [0.5, 0.6) is 0 Å². The number of aryl methyl sites for hydroxylation is 1. The van der Waals surface area contributed by atoms with Gasteiger partial charge in [0.05, 0.1) is 0 Å². The maximum atomic E-state index is 11.3. The van der Waals surface area contributed by atoms with E-state index in [4.69, 9.17) is 5.73 Å². The van der Waals surface area contributed by atoms with Crippen LogP contribution in [0, 0.1) is 0 Å². The third-order valence-electron chi connectivity index (χ3n) is 3.66. The van der Waals surface area contributed by atoms with Gasteiger partial charge in [0, 0.05) is 23.6 Å². The first kappa shape index (κ1) is 13.4. The van der Waals surface area contributed by atoms with Crippen molar-refractivity contribution < 1.29 is 0 Å². The molecule has 0 spiro atoms. The Morgan fingerprint density at radius 3 is 3.00 bits per heavy atom. The lowest BCUT2D eigenvalue weighted by Crippen LogP contribution is -2.23. The van der Waals surface area contributed by atoms with Gasteiger partial charge < -0.3 is 10.7 Å². The van der Waals surface area contributed by atoms with Crippen LogP contribution in [-0.2, 0) is 6.42 Å². The molecule has 2 atom stereocenters. The summed E-state index contributed by atoms with van der Waals surface area (Å²) in [5.74, 6) is 0. The maximum Gasteiger partial charge on any atom is 0.251 e. The molecule has 1 heterocycles. The van der Waals surface area contributed by atoms with Crippen LogP contribution in [-0.4, -0.2) is 15.2 Å². The molecule has 0 radical (unpaired) electrons. The van der Waals surface area contributed by atoms with E-state index < -0.39 is 0 Å². The highest BCUT2D eigenvalue weighted by Gasteiger charge is 2.26. The Labute approximate surface area is 121 Å². The monoisotopic (exact) mass is 287 g/mol. The van der Waals surface area contributed by atoms with Crippen LogP contribution in [0.25, 0.3) is 0 Å². The van der Waals surface area contributed by atoms with Gasteiger partial charge in [0.25, 0.3) is 5.56 Å². The van der Waals surface area contributed by atoms with Gasteiger partial charge in [-0.1, -0.05) is 36.0 Å². The molecule has 2 unspecified atom stereocenters. The van der Waals surface area contributed by atoms with Crippen molar-refractivity contribution >= 4 is 11.8 Å². The van der Waals surface area contributed by atoms with E-state index in [9.17, 15) is 4.79 Å². The highest BCUT2D eigenvalue weighted by Crippen LogP contribution is 2.36. The Morgan fingerprint density at radius 2 is 2.15 bits per heavy atom. The van der Waals surface area contributed by atoms with Crippen LogP contribution in [0.4, 0.5) is 0 Å². The van der Waals surface area contributed by atoms with Crippen molar-refractivity contribution in [2.75, 3.05) is 0 Å². The van der Waals surface area contributed by atoms with E-state index in [-0.39, 0.29) is 16.9 Å². The topological polar surface area (TPSA) is 71.8 Å². The average molecular weight is 287 g/mol. The number of benzene rings is 1. The minimum absolute atomic E-state index is 0.0239. The number of hydrogen-bond acceptors (Lipinski definition) is 4. The van der Waals surface area contributed by atoms with E-state index in [0.717, 1.165) is 19.3 Å². The summed E-state index contributed by atoms with van der Waals surface area (Å²) >= 11 is 1.57. The zero-order chi connectivity index (χ0) is 13.9. The lowest BCUT2D eigenvalue weighted by molar-refractivity contribution is 0.630. The summed E-state index contributed by atoms with van der Waals surface area (Å²) in [4.78, 5) is 18.3. The Kier molecular flexibility index (Phi) is 3.89. The van der Waals surface area contributed by atoms with Crippen LogP contribution in [0.2, 0.25) is 0 Å². The maximum absolute atomic E-state index is 11.3. The number of aromatic nitrogens is 2. The normalized spacial score (nSPS) is 22.1. The van der Waals surface area contributed by atoms with Crippen molar-refractivity contribution in [1.82, 2.24) is 9.97 Å². The van der Waals surface area contributed by atoms with Gasteiger partial charge in [-0.15, -0.1) is 0 Å². The number of rotatable bonds is 2. The summed E-state index contributed by atoms with van der Waals surface area (Å²) in [6.45, 7) is 0. The zero-order valence-corrected chi connectivity index (χ0v) is 11.9. The molecule has 20 heavy (non-hydrogen) atoms. The second-order valence-electron chi connectivity index (χ2n) is 5.01. The largest absolute Gasteiger partial charge is 0.323 e. The number of H-pyrrole nitrogens is 1. The molecule has 4 nitrogen and oxygen atoms in total. The number of hydrogen-bond donors (Lipinski definition) is 2. The van der Waals surface area contributed by atoms with Gasteiger partial charge in [-0.05, 0) is 30.4 Å². The van der Waals surface area contributed by atoms with Gasteiger partial charge >= 0.3 is 0 Å².